The maximum absolute atomic E-state index is 10.9. The summed E-state index contributed by atoms with van der Waals surface area (Å²) in [4.78, 5) is 14.5. The number of hydrogen-bond acceptors (Lipinski definition) is 5. The molecule has 2 N–H and O–H groups in total. The van der Waals surface area contributed by atoms with Gasteiger partial charge in [0.05, 0.1) is 11.0 Å². The minimum absolute atomic E-state index is 0.0202. The molecule has 0 aliphatic heterocycles. The SMILES string of the molecule is CC(O)CNc1ccc([N+](=O)[O-])c2ncccc12. The summed E-state index contributed by atoms with van der Waals surface area (Å²) in [5, 5.41) is 23.9. The number of non-ortho nitro benzene ring substituents is 1. The Kier molecular flexibility index (Phi) is 3.38. The van der Waals surface area contributed by atoms with Crippen molar-refractivity contribution in [3.05, 3.63) is 40.6 Å². The van der Waals surface area contributed by atoms with E-state index in [-0.39, 0.29) is 5.69 Å². The number of aromatic nitrogens is 1. The highest BCUT2D eigenvalue weighted by Gasteiger charge is 2.15. The zero-order chi connectivity index (χ0) is 13.1. The lowest BCUT2D eigenvalue weighted by Crippen LogP contribution is -2.15. The first-order valence-electron chi connectivity index (χ1n) is 5.53. The van der Waals surface area contributed by atoms with Gasteiger partial charge in [0, 0.05) is 29.9 Å². The third-order valence-electron chi connectivity index (χ3n) is 2.53. The number of nitrogens with zero attached hydrogens (tertiary/aromatic N) is 2. The summed E-state index contributed by atoms with van der Waals surface area (Å²) in [6.07, 6.45) is 1.03. The van der Waals surface area contributed by atoms with Crippen LogP contribution in [-0.2, 0) is 0 Å². The van der Waals surface area contributed by atoms with Crippen LogP contribution in [0.1, 0.15) is 6.92 Å². The van der Waals surface area contributed by atoms with Crippen LogP contribution in [0.15, 0.2) is 30.5 Å². The molecule has 6 heteroatoms. The maximum Gasteiger partial charge on any atom is 0.295 e. The van der Waals surface area contributed by atoms with E-state index in [2.05, 4.69) is 10.3 Å². The number of rotatable bonds is 4. The van der Waals surface area contributed by atoms with Crippen molar-refractivity contribution in [3.63, 3.8) is 0 Å². The smallest absolute Gasteiger partial charge is 0.295 e. The van der Waals surface area contributed by atoms with Crippen molar-refractivity contribution in [3.8, 4) is 0 Å². The minimum atomic E-state index is -0.494. The van der Waals surface area contributed by atoms with Gasteiger partial charge in [-0.15, -0.1) is 0 Å². The third-order valence-corrected chi connectivity index (χ3v) is 2.53. The molecule has 0 fully saturated rings. The van der Waals surface area contributed by atoms with E-state index in [1.165, 1.54) is 12.3 Å². The van der Waals surface area contributed by atoms with Gasteiger partial charge in [-0.3, -0.25) is 10.1 Å². The normalized spacial score (nSPS) is 12.3. The summed E-state index contributed by atoms with van der Waals surface area (Å²) in [6, 6.07) is 6.53. The van der Waals surface area contributed by atoms with Crippen LogP contribution in [0.4, 0.5) is 11.4 Å². The molecule has 0 aliphatic carbocycles. The largest absolute Gasteiger partial charge is 0.392 e. The molecule has 0 radical (unpaired) electrons. The van der Waals surface area contributed by atoms with Crippen molar-refractivity contribution in [2.75, 3.05) is 11.9 Å². The molecule has 6 nitrogen and oxygen atoms in total. The van der Waals surface area contributed by atoms with Crippen molar-refractivity contribution < 1.29 is 10.0 Å². The van der Waals surface area contributed by atoms with Crippen molar-refractivity contribution >= 4 is 22.3 Å². The van der Waals surface area contributed by atoms with Gasteiger partial charge in [0.1, 0.15) is 5.52 Å². The summed E-state index contributed by atoms with van der Waals surface area (Å²) < 4.78 is 0. The van der Waals surface area contributed by atoms with Gasteiger partial charge in [-0.2, -0.15) is 0 Å². The molecule has 0 bridgehead atoms. The Morgan fingerprint density at radius 3 is 2.94 bits per heavy atom. The molecule has 94 valence electrons. The number of nitrogens with one attached hydrogen (secondary N) is 1. The lowest BCUT2D eigenvalue weighted by Gasteiger charge is -2.10. The molecule has 2 aromatic rings. The molecular weight excluding hydrogens is 234 g/mol. The molecule has 1 aromatic carbocycles. The van der Waals surface area contributed by atoms with E-state index in [1.807, 2.05) is 0 Å². The van der Waals surface area contributed by atoms with Gasteiger partial charge < -0.3 is 10.4 Å². The van der Waals surface area contributed by atoms with E-state index < -0.39 is 11.0 Å². The van der Waals surface area contributed by atoms with E-state index >= 15 is 0 Å². The highest BCUT2D eigenvalue weighted by molar-refractivity contribution is 5.96. The Hall–Kier alpha value is -2.21. The number of fused-ring (bicyclic) bond motifs is 1. The van der Waals surface area contributed by atoms with E-state index in [0.717, 1.165) is 5.69 Å². The molecule has 0 saturated carbocycles. The highest BCUT2D eigenvalue weighted by Crippen LogP contribution is 2.29. The van der Waals surface area contributed by atoms with E-state index in [9.17, 15) is 15.2 Å². The van der Waals surface area contributed by atoms with Gasteiger partial charge in [-0.05, 0) is 25.1 Å². The number of aliphatic hydroxyl groups excluding tert-OH is 1. The van der Waals surface area contributed by atoms with Crippen LogP contribution in [0, 0.1) is 10.1 Å². The van der Waals surface area contributed by atoms with Crippen LogP contribution in [0.25, 0.3) is 10.9 Å². The van der Waals surface area contributed by atoms with Crippen LogP contribution < -0.4 is 5.32 Å². The van der Waals surface area contributed by atoms with Crippen molar-refractivity contribution in [1.29, 1.82) is 0 Å². The first kappa shape index (κ1) is 12.3. The first-order chi connectivity index (χ1) is 8.59. The van der Waals surface area contributed by atoms with E-state index in [1.54, 1.807) is 25.1 Å². The molecule has 0 spiro atoms. The quantitative estimate of drug-likeness (QED) is 0.636. The Labute approximate surface area is 103 Å². The van der Waals surface area contributed by atoms with Gasteiger partial charge in [-0.25, -0.2) is 4.98 Å². The monoisotopic (exact) mass is 247 g/mol. The molecule has 0 saturated heterocycles. The third kappa shape index (κ3) is 2.38. The molecule has 1 unspecified atom stereocenters. The number of nitro groups is 1. The number of aliphatic hydroxyl groups is 1. The number of benzene rings is 1. The minimum Gasteiger partial charge on any atom is -0.392 e. The second kappa shape index (κ2) is 4.97. The molecule has 18 heavy (non-hydrogen) atoms. The zero-order valence-electron chi connectivity index (χ0n) is 9.83. The van der Waals surface area contributed by atoms with Crippen LogP contribution in [0.2, 0.25) is 0 Å². The van der Waals surface area contributed by atoms with Gasteiger partial charge >= 0.3 is 0 Å². The standard InChI is InChI=1S/C12H13N3O3/c1-8(16)7-14-10-4-5-11(15(17)18)12-9(10)3-2-6-13-12/h2-6,8,14,16H,7H2,1H3. The fraction of sp³-hybridized carbons (Fsp3) is 0.250. The maximum atomic E-state index is 10.9. The second-order valence-corrected chi connectivity index (χ2v) is 4.02. The van der Waals surface area contributed by atoms with Gasteiger partial charge in [0.15, 0.2) is 0 Å². The molecule has 1 heterocycles. The van der Waals surface area contributed by atoms with Crippen molar-refractivity contribution in [2.24, 2.45) is 0 Å². The summed E-state index contributed by atoms with van der Waals surface area (Å²) in [5.41, 5.74) is 1.05. The predicted molar refractivity (Wildman–Crippen MR) is 68.6 cm³/mol. The summed E-state index contributed by atoms with van der Waals surface area (Å²) in [7, 11) is 0. The lowest BCUT2D eigenvalue weighted by molar-refractivity contribution is -0.383. The Morgan fingerprint density at radius 1 is 1.50 bits per heavy atom. The lowest BCUT2D eigenvalue weighted by atomic mass is 10.1. The Bertz CT molecular complexity index is 584. The summed E-state index contributed by atoms with van der Waals surface area (Å²) in [6.45, 7) is 2.04. The molecule has 0 aliphatic rings. The van der Waals surface area contributed by atoms with Crippen LogP contribution in [0.5, 0.6) is 0 Å². The highest BCUT2D eigenvalue weighted by atomic mass is 16.6. The number of pyridine rings is 1. The topological polar surface area (TPSA) is 88.3 Å². The predicted octanol–water partition coefficient (Wildman–Crippen LogP) is 1.94. The van der Waals surface area contributed by atoms with Crippen LogP contribution in [-0.4, -0.2) is 27.7 Å². The fourth-order valence-corrected chi connectivity index (χ4v) is 1.72. The molecule has 1 atom stereocenters. The molecular formula is C12H13N3O3. The summed E-state index contributed by atoms with van der Waals surface area (Å²) in [5.74, 6) is 0. The molecule has 2 rings (SSSR count). The average molecular weight is 247 g/mol. The van der Waals surface area contributed by atoms with Crippen molar-refractivity contribution in [2.45, 2.75) is 13.0 Å². The van der Waals surface area contributed by atoms with Crippen LogP contribution >= 0.6 is 0 Å². The summed E-state index contributed by atoms with van der Waals surface area (Å²) >= 11 is 0. The Morgan fingerprint density at radius 2 is 2.28 bits per heavy atom. The van der Waals surface area contributed by atoms with E-state index in [4.69, 9.17) is 0 Å². The first-order valence-corrected chi connectivity index (χ1v) is 5.53. The average Bonchev–Trinajstić information content (AvgIpc) is 2.35. The number of hydrogen-bond donors (Lipinski definition) is 2. The van der Waals surface area contributed by atoms with Gasteiger partial charge in [0.2, 0.25) is 0 Å². The molecule has 1 aromatic heterocycles. The van der Waals surface area contributed by atoms with Gasteiger partial charge in [0.25, 0.3) is 5.69 Å². The van der Waals surface area contributed by atoms with Gasteiger partial charge in [-0.1, -0.05) is 0 Å². The van der Waals surface area contributed by atoms with Crippen molar-refractivity contribution in [1.82, 2.24) is 4.98 Å². The van der Waals surface area contributed by atoms with E-state index in [0.29, 0.717) is 17.4 Å². The number of nitro benzene ring substituents is 1. The van der Waals surface area contributed by atoms with Crippen LogP contribution in [0.3, 0.4) is 0 Å². The second-order valence-electron chi connectivity index (χ2n) is 4.02. The fourth-order valence-electron chi connectivity index (χ4n) is 1.72. The number of anilines is 1. The molecule has 0 amide bonds. The Balaban J connectivity index is 2.50. The zero-order valence-corrected chi connectivity index (χ0v) is 9.83.